The molecular formula is C21H29F3N2O3. The first kappa shape index (κ1) is 23.0. The Bertz CT molecular complexity index is 701. The number of nitrogens with zero attached hydrogens (tertiary/aromatic N) is 2. The fourth-order valence-electron chi connectivity index (χ4n) is 3.99. The number of carbonyl (C=O) groups excluding carboxylic acids is 1. The van der Waals surface area contributed by atoms with Gasteiger partial charge in [0.05, 0.1) is 0 Å². The van der Waals surface area contributed by atoms with Crippen LogP contribution in [0.1, 0.15) is 45.6 Å². The molecule has 1 aliphatic rings. The largest absolute Gasteiger partial charge is 0.471 e. The first-order chi connectivity index (χ1) is 13.4. The third kappa shape index (κ3) is 6.11. The summed E-state index contributed by atoms with van der Waals surface area (Å²) in [5.41, 5.74) is 0.504. The van der Waals surface area contributed by atoms with E-state index in [0.29, 0.717) is 13.0 Å². The summed E-state index contributed by atoms with van der Waals surface area (Å²) in [6.45, 7) is 5.53. The molecule has 0 radical (unpaired) electrons. The highest BCUT2D eigenvalue weighted by molar-refractivity contribution is 5.82. The number of carboxylic acid groups (broad SMARTS) is 1. The van der Waals surface area contributed by atoms with E-state index < -0.39 is 35.7 Å². The van der Waals surface area contributed by atoms with Gasteiger partial charge < -0.3 is 14.9 Å². The number of benzene rings is 1. The third-order valence-corrected chi connectivity index (χ3v) is 5.47. The predicted molar refractivity (Wildman–Crippen MR) is 104 cm³/mol. The summed E-state index contributed by atoms with van der Waals surface area (Å²) in [6.07, 6.45) is -4.27. The molecule has 8 heteroatoms. The van der Waals surface area contributed by atoms with E-state index in [2.05, 4.69) is 0 Å². The number of amides is 2. The van der Waals surface area contributed by atoms with Crippen LogP contribution in [0, 0.1) is 5.41 Å². The van der Waals surface area contributed by atoms with Gasteiger partial charge in [-0.3, -0.25) is 4.79 Å². The smallest absolute Gasteiger partial charge is 0.465 e. The third-order valence-electron chi connectivity index (χ3n) is 5.47. The zero-order chi connectivity index (χ0) is 21.8. The van der Waals surface area contributed by atoms with Gasteiger partial charge >= 0.3 is 18.2 Å². The van der Waals surface area contributed by atoms with Gasteiger partial charge in [-0.15, -0.1) is 0 Å². The number of likely N-dealkylation sites (tertiary alicyclic amines) is 1. The van der Waals surface area contributed by atoms with Crippen molar-refractivity contribution >= 4 is 12.0 Å². The highest BCUT2D eigenvalue weighted by Crippen LogP contribution is 2.36. The van der Waals surface area contributed by atoms with Gasteiger partial charge in [0.25, 0.3) is 0 Å². The maximum Gasteiger partial charge on any atom is 0.471 e. The van der Waals surface area contributed by atoms with Gasteiger partial charge in [-0.25, -0.2) is 4.79 Å². The lowest BCUT2D eigenvalue weighted by Crippen LogP contribution is -2.59. The molecule has 0 saturated carbocycles. The number of hydrogen-bond donors (Lipinski definition) is 1. The SMILES string of the molecule is CC(C)(C)C1CC(N(CCCc2ccccc2)C(=O)O)CCN1C(=O)C(F)(F)F. The number of halogens is 3. The molecule has 5 nitrogen and oxygen atoms in total. The highest BCUT2D eigenvalue weighted by atomic mass is 19.4. The second-order valence-corrected chi connectivity index (χ2v) is 8.62. The molecule has 0 spiro atoms. The van der Waals surface area contributed by atoms with E-state index in [9.17, 15) is 27.9 Å². The molecular weight excluding hydrogens is 385 g/mol. The topological polar surface area (TPSA) is 60.9 Å². The van der Waals surface area contributed by atoms with Gasteiger partial charge in [-0.2, -0.15) is 13.2 Å². The molecule has 1 fully saturated rings. The van der Waals surface area contributed by atoms with Crippen LogP contribution < -0.4 is 0 Å². The summed E-state index contributed by atoms with van der Waals surface area (Å²) in [7, 11) is 0. The minimum atomic E-state index is -4.93. The van der Waals surface area contributed by atoms with E-state index in [1.54, 1.807) is 20.8 Å². The molecule has 29 heavy (non-hydrogen) atoms. The van der Waals surface area contributed by atoms with Gasteiger partial charge in [0.1, 0.15) is 0 Å². The Hall–Kier alpha value is -2.25. The summed E-state index contributed by atoms with van der Waals surface area (Å²) >= 11 is 0. The van der Waals surface area contributed by atoms with Crippen molar-refractivity contribution in [2.75, 3.05) is 13.1 Å². The molecule has 2 amide bonds. The Morgan fingerprint density at radius 3 is 2.31 bits per heavy atom. The van der Waals surface area contributed by atoms with E-state index in [0.717, 1.165) is 16.9 Å². The summed E-state index contributed by atoms with van der Waals surface area (Å²) < 4.78 is 39.0. The second-order valence-electron chi connectivity index (χ2n) is 8.62. The van der Waals surface area contributed by atoms with Crippen LogP contribution in [0.4, 0.5) is 18.0 Å². The zero-order valence-corrected chi connectivity index (χ0v) is 17.1. The lowest BCUT2D eigenvalue weighted by molar-refractivity contribution is -0.192. The Kier molecular flexibility index (Phi) is 7.19. The summed E-state index contributed by atoms with van der Waals surface area (Å²) in [5, 5.41) is 9.68. The number of carbonyl (C=O) groups is 2. The molecule has 1 aromatic carbocycles. The first-order valence-corrected chi connectivity index (χ1v) is 9.82. The lowest BCUT2D eigenvalue weighted by atomic mass is 9.78. The van der Waals surface area contributed by atoms with Crippen molar-refractivity contribution in [2.45, 2.75) is 64.7 Å². The van der Waals surface area contributed by atoms with Crippen LogP contribution in [-0.2, 0) is 11.2 Å². The molecule has 0 aliphatic carbocycles. The molecule has 2 unspecified atom stereocenters. The Balaban J connectivity index is 2.09. The van der Waals surface area contributed by atoms with Crippen molar-refractivity contribution in [3.8, 4) is 0 Å². The Morgan fingerprint density at radius 2 is 1.79 bits per heavy atom. The standard InChI is InChI=1S/C21H29F3N2O3/c1-20(2,3)17-14-16(11-13-26(17)18(27)21(22,23)24)25(19(28)29)12-7-10-15-8-5-4-6-9-15/h4-6,8-9,16-17H,7,10-14H2,1-3H3,(H,28,29). The lowest BCUT2D eigenvalue weighted by Gasteiger charge is -2.48. The highest BCUT2D eigenvalue weighted by Gasteiger charge is 2.49. The fourth-order valence-corrected chi connectivity index (χ4v) is 3.99. The molecule has 1 N–H and O–H groups in total. The van der Waals surface area contributed by atoms with Crippen molar-refractivity contribution in [2.24, 2.45) is 5.41 Å². The molecule has 1 aromatic rings. The van der Waals surface area contributed by atoms with Gasteiger partial charge in [-0.1, -0.05) is 51.1 Å². The summed E-state index contributed by atoms with van der Waals surface area (Å²) in [4.78, 5) is 25.9. The van der Waals surface area contributed by atoms with Crippen molar-refractivity contribution in [1.29, 1.82) is 0 Å². The number of aryl methyl sites for hydroxylation is 1. The quantitative estimate of drug-likeness (QED) is 0.768. The minimum absolute atomic E-state index is 0.104. The van der Waals surface area contributed by atoms with Crippen molar-refractivity contribution in [1.82, 2.24) is 9.80 Å². The number of rotatable bonds is 5. The van der Waals surface area contributed by atoms with E-state index >= 15 is 0 Å². The van der Waals surface area contributed by atoms with Crippen LogP contribution in [0.3, 0.4) is 0 Å². The number of hydrogen-bond acceptors (Lipinski definition) is 2. The average molecular weight is 414 g/mol. The molecule has 2 rings (SSSR count). The van der Waals surface area contributed by atoms with E-state index in [1.165, 1.54) is 4.90 Å². The summed E-state index contributed by atoms with van der Waals surface area (Å²) in [5.74, 6) is -1.85. The second kappa shape index (κ2) is 9.05. The molecule has 1 aliphatic heterocycles. The molecule has 2 atom stereocenters. The van der Waals surface area contributed by atoms with Crippen LogP contribution in [-0.4, -0.2) is 58.3 Å². The number of alkyl halides is 3. The van der Waals surface area contributed by atoms with Gasteiger partial charge in [0.15, 0.2) is 0 Å². The van der Waals surface area contributed by atoms with Crippen LogP contribution in [0.25, 0.3) is 0 Å². The molecule has 162 valence electrons. The predicted octanol–water partition coefficient (Wildman–Crippen LogP) is 4.57. The zero-order valence-electron chi connectivity index (χ0n) is 17.1. The van der Waals surface area contributed by atoms with Crippen molar-refractivity contribution in [3.63, 3.8) is 0 Å². The monoisotopic (exact) mass is 414 g/mol. The normalized spacial score (nSPS) is 20.4. The minimum Gasteiger partial charge on any atom is -0.465 e. The van der Waals surface area contributed by atoms with Crippen molar-refractivity contribution in [3.05, 3.63) is 35.9 Å². The molecule has 1 heterocycles. The van der Waals surface area contributed by atoms with Crippen LogP contribution >= 0.6 is 0 Å². The molecule has 0 aromatic heterocycles. The number of piperidine rings is 1. The average Bonchev–Trinajstić information content (AvgIpc) is 2.63. The van der Waals surface area contributed by atoms with Crippen LogP contribution in [0.15, 0.2) is 30.3 Å². The molecule has 0 bridgehead atoms. The van der Waals surface area contributed by atoms with E-state index in [4.69, 9.17) is 0 Å². The molecule has 1 saturated heterocycles. The van der Waals surface area contributed by atoms with E-state index in [1.807, 2.05) is 30.3 Å². The fraction of sp³-hybridized carbons (Fsp3) is 0.619. The van der Waals surface area contributed by atoms with Gasteiger partial charge in [0, 0.05) is 25.2 Å². The van der Waals surface area contributed by atoms with Gasteiger partial charge in [0.2, 0.25) is 0 Å². The van der Waals surface area contributed by atoms with Gasteiger partial charge in [-0.05, 0) is 36.7 Å². The Labute approximate surface area is 169 Å². The Morgan fingerprint density at radius 1 is 1.17 bits per heavy atom. The van der Waals surface area contributed by atoms with Crippen molar-refractivity contribution < 1.29 is 27.9 Å². The van der Waals surface area contributed by atoms with Crippen LogP contribution in [0.5, 0.6) is 0 Å². The summed E-state index contributed by atoms with van der Waals surface area (Å²) in [6, 6.07) is 8.60. The van der Waals surface area contributed by atoms with Crippen LogP contribution in [0.2, 0.25) is 0 Å². The van der Waals surface area contributed by atoms with E-state index in [-0.39, 0.29) is 19.4 Å². The maximum atomic E-state index is 13.0. The first-order valence-electron chi connectivity index (χ1n) is 9.82. The maximum absolute atomic E-state index is 13.0.